The van der Waals surface area contributed by atoms with Crippen molar-refractivity contribution in [2.45, 2.75) is 58.8 Å². The van der Waals surface area contributed by atoms with Crippen molar-refractivity contribution in [1.82, 2.24) is 0 Å². The number of carboxylic acid groups (broad SMARTS) is 3. The molecule has 0 saturated carbocycles. The summed E-state index contributed by atoms with van der Waals surface area (Å²) in [6, 6.07) is 9.10. The predicted octanol–water partition coefficient (Wildman–Crippen LogP) is 5.06. The second kappa shape index (κ2) is 10.6. The lowest BCUT2D eigenvalue weighted by Crippen LogP contribution is -2.22. The largest absolute Gasteiger partial charge is 0.478 e. The molecule has 0 aliphatic rings. The zero-order chi connectivity index (χ0) is 22.3. The highest BCUT2D eigenvalue weighted by Gasteiger charge is 2.32. The molecular formula is C24H28O6. The van der Waals surface area contributed by atoms with Crippen LogP contribution in [0.15, 0.2) is 30.3 Å². The van der Waals surface area contributed by atoms with Crippen molar-refractivity contribution >= 4 is 17.9 Å². The van der Waals surface area contributed by atoms with Gasteiger partial charge in [0.15, 0.2) is 0 Å². The Hall–Kier alpha value is -3.15. The Morgan fingerprint density at radius 2 is 1.13 bits per heavy atom. The van der Waals surface area contributed by atoms with Crippen LogP contribution in [0.2, 0.25) is 0 Å². The van der Waals surface area contributed by atoms with Crippen LogP contribution in [0.25, 0.3) is 0 Å². The molecule has 0 saturated heterocycles. The average Bonchev–Trinajstić information content (AvgIpc) is 2.70. The fourth-order valence-corrected chi connectivity index (χ4v) is 3.87. The Labute approximate surface area is 176 Å². The maximum Gasteiger partial charge on any atom is 0.336 e. The van der Waals surface area contributed by atoms with Crippen molar-refractivity contribution in [1.29, 1.82) is 0 Å². The van der Waals surface area contributed by atoms with Gasteiger partial charge in [0, 0.05) is 0 Å². The molecule has 0 aliphatic carbocycles. The average molecular weight is 412 g/mol. The van der Waals surface area contributed by atoms with Gasteiger partial charge in [-0.05, 0) is 54.4 Å². The number of hydrogen-bond donors (Lipinski definition) is 3. The zero-order valence-electron chi connectivity index (χ0n) is 17.4. The SMILES string of the molecule is CCCCc1c(Cc2ccccc2)c(C(=O)O)c(C(=O)O)c(CCCC)c1C(=O)O. The summed E-state index contributed by atoms with van der Waals surface area (Å²) in [6.45, 7) is 3.89. The van der Waals surface area contributed by atoms with Gasteiger partial charge in [-0.1, -0.05) is 57.0 Å². The van der Waals surface area contributed by atoms with Gasteiger partial charge in [0.1, 0.15) is 0 Å². The van der Waals surface area contributed by atoms with Gasteiger partial charge >= 0.3 is 17.9 Å². The zero-order valence-corrected chi connectivity index (χ0v) is 17.4. The molecule has 0 spiro atoms. The molecule has 30 heavy (non-hydrogen) atoms. The van der Waals surface area contributed by atoms with Crippen molar-refractivity contribution in [3.05, 3.63) is 69.3 Å². The third-order valence-electron chi connectivity index (χ3n) is 5.25. The summed E-state index contributed by atoms with van der Waals surface area (Å²) in [7, 11) is 0. The van der Waals surface area contributed by atoms with E-state index in [1.165, 1.54) is 0 Å². The van der Waals surface area contributed by atoms with E-state index in [9.17, 15) is 29.7 Å². The molecule has 3 N–H and O–H groups in total. The summed E-state index contributed by atoms with van der Waals surface area (Å²) in [5.74, 6) is -3.95. The van der Waals surface area contributed by atoms with E-state index in [0.717, 1.165) is 18.4 Å². The molecule has 0 atom stereocenters. The third kappa shape index (κ3) is 5.06. The van der Waals surface area contributed by atoms with Gasteiger partial charge in [0.05, 0.1) is 16.7 Å². The molecule has 0 heterocycles. The van der Waals surface area contributed by atoms with Gasteiger partial charge in [0.25, 0.3) is 0 Å². The molecular weight excluding hydrogens is 384 g/mol. The van der Waals surface area contributed by atoms with Crippen LogP contribution in [-0.4, -0.2) is 33.2 Å². The van der Waals surface area contributed by atoms with Crippen LogP contribution in [-0.2, 0) is 19.3 Å². The van der Waals surface area contributed by atoms with Crippen LogP contribution in [0.5, 0.6) is 0 Å². The van der Waals surface area contributed by atoms with E-state index in [1.54, 1.807) is 0 Å². The summed E-state index contributed by atoms with van der Waals surface area (Å²) in [5.41, 5.74) is 0.945. The van der Waals surface area contributed by atoms with Crippen molar-refractivity contribution in [3.8, 4) is 0 Å². The minimum atomic E-state index is -1.41. The molecule has 6 heteroatoms. The molecule has 0 aromatic heterocycles. The Morgan fingerprint density at radius 1 is 0.667 bits per heavy atom. The van der Waals surface area contributed by atoms with Gasteiger partial charge in [-0.2, -0.15) is 0 Å². The Morgan fingerprint density at radius 3 is 1.60 bits per heavy atom. The summed E-state index contributed by atoms with van der Waals surface area (Å²) >= 11 is 0. The number of aromatic carboxylic acids is 3. The molecule has 160 valence electrons. The lowest BCUT2D eigenvalue weighted by Gasteiger charge is -2.22. The van der Waals surface area contributed by atoms with E-state index < -0.39 is 17.9 Å². The van der Waals surface area contributed by atoms with Crippen LogP contribution in [0.4, 0.5) is 0 Å². The molecule has 0 amide bonds. The smallest absolute Gasteiger partial charge is 0.336 e. The van der Waals surface area contributed by atoms with Gasteiger partial charge in [-0.25, -0.2) is 14.4 Å². The summed E-state index contributed by atoms with van der Waals surface area (Å²) < 4.78 is 0. The number of benzene rings is 2. The molecule has 0 aliphatic heterocycles. The van der Waals surface area contributed by atoms with E-state index in [2.05, 4.69) is 0 Å². The number of hydrogen-bond acceptors (Lipinski definition) is 3. The number of carbonyl (C=O) groups is 3. The highest BCUT2D eigenvalue weighted by atomic mass is 16.4. The van der Waals surface area contributed by atoms with Crippen molar-refractivity contribution < 1.29 is 29.7 Å². The van der Waals surface area contributed by atoms with E-state index in [4.69, 9.17) is 0 Å². The highest BCUT2D eigenvalue weighted by Crippen LogP contribution is 2.33. The Bertz CT molecular complexity index is 931. The first-order valence-corrected chi connectivity index (χ1v) is 10.3. The molecule has 6 nitrogen and oxygen atoms in total. The monoisotopic (exact) mass is 412 g/mol. The fraction of sp³-hybridized carbons (Fsp3) is 0.375. The van der Waals surface area contributed by atoms with Crippen LogP contribution in [0.1, 0.15) is 92.9 Å². The Balaban J connectivity index is 2.95. The first kappa shape index (κ1) is 23.1. The number of unbranched alkanes of at least 4 members (excludes halogenated alkanes) is 2. The fourth-order valence-electron chi connectivity index (χ4n) is 3.87. The van der Waals surface area contributed by atoms with Crippen molar-refractivity contribution in [2.24, 2.45) is 0 Å². The van der Waals surface area contributed by atoms with Crippen molar-refractivity contribution in [2.75, 3.05) is 0 Å². The molecule has 2 aromatic carbocycles. The second-order valence-electron chi connectivity index (χ2n) is 7.35. The maximum absolute atomic E-state index is 12.3. The van der Waals surface area contributed by atoms with Crippen LogP contribution in [0.3, 0.4) is 0 Å². The van der Waals surface area contributed by atoms with Crippen LogP contribution < -0.4 is 0 Å². The third-order valence-corrected chi connectivity index (χ3v) is 5.25. The number of carboxylic acids is 3. The summed E-state index contributed by atoms with van der Waals surface area (Å²) in [5, 5.41) is 29.9. The summed E-state index contributed by atoms with van der Waals surface area (Å²) in [4.78, 5) is 36.7. The molecule has 0 radical (unpaired) electrons. The molecule has 0 fully saturated rings. The second-order valence-corrected chi connectivity index (χ2v) is 7.35. The quantitative estimate of drug-likeness (QED) is 0.476. The van der Waals surface area contributed by atoms with E-state index >= 15 is 0 Å². The van der Waals surface area contributed by atoms with Gasteiger partial charge in [-0.3, -0.25) is 0 Å². The lowest BCUT2D eigenvalue weighted by molar-refractivity contribution is 0.0646. The first-order chi connectivity index (χ1) is 14.3. The highest BCUT2D eigenvalue weighted by molar-refractivity contribution is 6.07. The van der Waals surface area contributed by atoms with E-state index in [1.807, 2.05) is 44.2 Å². The van der Waals surface area contributed by atoms with Crippen LogP contribution >= 0.6 is 0 Å². The summed E-state index contributed by atoms with van der Waals surface area (Å²) in [6.07, 6.45) is 3.56. The van der Waals surface area contributed by atoms with E-state index in [0.29, 0.717) is 24.8 Å². The minimum Gasteiger partial charge on any atom is -0.478 e. The molecule has 0 bridgehead atoms. The van der Waals surface area contributed by atoms with Gasteiger partial charge in [-0.15, -0.1) is 0 Å². The predicted molar refractivity (Wildman–Crippen MR) is 114 cm³/mol. The van der Waals surface area contributed by atoms with Crippen molar-refractivity contribution in [3.63, 3.8) is 0 Å². The first-order valence-electron chi connectivity index (χ1n) is 10.3. The number of rotatable bonds is 11. The minimum absolute atomic E-state index is 0.0368. The normalized spacial score (nSPS) is 10.7. The van der Waals surface area contributed by atoms with E-state index in [-0.39, 0.29) is 40.7 Å². The lowest BCUT2D eigenvalue weighted by atomic mass is 9.80. The maximum atomic E-state index is 12.3. The van der Waals surface area contributed by atoms with Gasteiger partial charge in [0.2, 0.25) is 0 Å². The topological polar surface area (TPSA) is 112 Å². The standard InChI is InChI=1S/C24H28O6/c1-3-5-12-16-18(14-15-10-8-7-9-11-15)21(24(29)30)20(23(27)28)17(13-6-4-2)19(16)22(25)26/h7-11H,3-6,12-14H2,1-2H3,(H,25,26)(H,27,28)(H,29,30). The Kier molecular flexibility index (Phi) is 8.16. The molecule has 2 aromatic rings. The molecule has 2 rings (SSSR count). The van der Waals surface area contributed by atoms with Gasteiger partial charge < -0.3 is 15.3 Å². The molecule has 0 unspecified atom stereocenters. The van der Waals surface area contributed by atoms with Crippen LogP contribution in [0, 0.1) is 0 Å².